The van der Waals surface area contributed by atoms with Crippen LogP contribution in [-0.4, -0.2) is 25.1 Å². The average molecular weight is 356 g/mol. The number of hydrogen-bond acceptors (Lipinski definition) is 3. The SMILES string of the molecule is CONC(=C1CN(C(c2ccccc2)c2ccccc2)C1)c1ccccc1. The van der Waals surface area contributed by atoms with Gasteiger partial charge < -0.3 is 0 Å². The molecule has 1 aliphatic rings. The summed E-state index contributed by atoms with van der Waals surface area (Å²) in [6.07, 6.45) is 0. The lowest BCUT2D eigenvalue weighted by molar-refractivity contribution is 0.131. The Balaban J connectivity index is 1.63. The Morgan fingerprint density at radius 2 is 1.26 bits per heavy atom. The molecule has 4 rings (SSSR count). The summed E-state index contributed by atoms with van der Waals surface area (Å²) < 4.78 is 0. The summed E-state index contributed by atoms with van der Waals surface area (Å²) in [6.45, 7) is 1.82. The second-order valence-electron chi connectivity index (χ2n) is 6.78. The number of hydrogen-bond donors (Lipinski definition) is 1. The maximum atomic E-state index is 5.25. The summed E-state index contributed by atoms with van der Waals surface area (Å²) in [7, 11) is 1.66. The van der Waals surface area contributed by atoms with Crippen molar-refractivity contribution in [3.63, 3.8) is 0 Å². The largest absolute Gasteiger partial charge is 0.284 e. The van der Waals surface area contributed by atoms with E-state index in [2.05, 4.69) is 95.3 Å². The molecular formula is C24H24N2O. The molecule has 1 saturated heterocycles. The van der Waals surface area contributed by atoms with Crippen LogP contribution in [0.5, 0.6) is 0 Å². The van der Waals surface area contributed by atoms with E-state index in [4.69, 9.17) is 4.84 Å². The normalized spacial score (nSPS) is 14.1. The minimum Gasteiger partial charge on any atom is -0.284 e. The highest BCUT2D eigenvalue weighted by Crippen LogP contribution is 2.36. The maximum Gasteiger partial charge on any atom is 0.0694 e. The van der Waals surface area contributed by atoms with Gasteiger partial charge in [0.2, 0.25) is 0 Å². The van der Waals surface area contributed by atoms with Crippen LogP contribution in [0.15, 0.2) is 96.6 Å². The highest BCUT2D eigenvalue weighted by atomic mass is 16.6. The molecule has 0 atom stereocenters. The second-order valence-corrected chi connectivity index (χ2v) is 6.78. The molecule has 1 heterocycles. The van der Waals surface area contributed by atoms with Crippen molar-refractivity contribution in [1.29, 1.82) is 0 Å². The average Bonchev–Trinajstić information content (AvgIpc) is 2.71. The molecule has 0 aromatic heterocycles. The minimum atomic E-state index is 0.260. The fraction of sp³-hybridized carbons (Fsp3) is 0.167. The molecule has 0 spiro atoms. The van der Waals surface area contributed by atoms with E-state index in [1.165, 1.54) is 16.7 Å². The van der Waals surface area contributed by atoms with Crippen LogP contribution in [0.3, 0.4) is 0 Å². The quantitative estimate of drug-likeness (QED) is 0.651. The van der Waals surface area contributed by atoms with Gasteiger partial charge in [0.05, 0.1) is 18.8 Å². The van der Waals surface area contributed by atoms with Crippen LogP contribution in [0.4, 0.5) is 0 Å². The number of benzene rings is 3. The van der Waals surface area contributed by atoms with Crippen molar-refractivity contribution in [3.8, 4) is 0 Å². The summed E-state index contributed by atoms with van der Waals surface area (Å²) in [4.78, 5) is 7.75. The Hall–Kier alpha value is -2.88. The van der Waals surface area contributed by atoms with Crippen molar-refractivity contribution in [2.75, 3.05) is 20.2 Å². The first-order chi connectivity index (χ1) is 13.4. The molecule has 3 aromatic rings. The van der Waals surface area contributed by atoms with Gasteiger partial charge in [-0.2, -0.15) is 0 Å². The lowest BCUT2D eigenvalue weighted by Crippen LogP contribution is -2.44. The third-order valence-corrected chi connectivity index (χ3v) is 5.00. The van der Waals surface area contributed by atoms with E-state index in [1.807, 2.05) is 6.07 Å². The van der Waals surface area contributed by atoms with Gasteiger partial charge in [0.25, 0.3) is 0 Å². The smallest absolute Gasteiger partial charge is 0.0694 e. The molecule has 27 heavy (non-hydrogen) atoms. The lowest BCUT2D eigenvalue weighted by Gasteiger charge is -2.42. The molecule has 0 amide bonds. The zero-order chi connectivity index (χ0) is 18.5. The fourth-order valence-electron chi connectivity index (χ4n) is 3.71. The van der Waals surface area contributed by atoms with Crippen LogP contribution >= 0.6 is 0 Å². The van der Waals surface area contributed by atoms with Crippen molar-refractivity contribution in [2.24, 2.45) is 0 Å². The van der Waals surface area contributed by atoms with Crippen molar-refractivity contribution in [1.82, 2.24) is 10.4 Å². The first kappa shape index (κ1) is 17.5. The van der Waals surface area contributed by atoms with Gasteiger partial charge >= 0.3 is 0 Å². The van der Waals surface area contributed by atoms with Crippen LogP contribution in [0.1, 0.15) is 22.7 Å². The molecule has 3 aromatic carbocycles. The monoisotopic (exact) mass is 356 g/mol. The van der Waals surface area contributed by atoms with Gasteiger partial charge in [-0.3, -0.25) is 15.2 Å². The Bertz CT molecular complexity index is 844. The molecular weight excluding hydrogens is 332 g/mol. The van der Waals surface area contributed by atoms with Gasteiger partial charge in [-0.1, -0.05) is 91.0 Å². The third-order valence-electron chi connectivity index (χ3n) is 5.00. The third kappa shape index (κ3) is 3.80. The van der Waals surface area contributed by atoms with E-state index >= 15 is 0 Å². The van der Waals surface area contributed by atoms with Crippen molar-refractivity contribution in [2.45, 2.75) is 6.04 Å². The van der Waals surface area contributed by atoms with Gasteiger partial charge in [0.1, 0.15) is 0 Å². The topological polar surface area (TPSA) is 24.5 Å². The molecule has 0 bridgehead atoms. The van der Waals surface area contributed by atoms with Crippen LogP contribution in [0.25, 0.3) is 5.70 Å². The van der Waals surface area contributed by atoms with Crippen LogP contribution in [0.2, 0.25) is 0 Å². The molecule has 1 N–H and O–H groups in total. The summed E-state index contributed by atoms with van der Waals surface area (Å²) in [6, 6.07) is 32.1. The van der Waals surface area contributed by atoms with Gasteiger partial charge in [0, 0.05) is 13.1 Å². The van der Waals surface area contributed by atoms with Gasteiger partial charge in [-0.15, -0.1) is 0 Å². The van der Waals surface area contributed by atoms with Crippen molar-refractivity contribution >= 4 is 5.70 Å². The first-order valence-electron chi connectivity index (χ1n) is 9.27. The van der Waals surface area contributed by atoms with Crippen LogP contribution in [0, 0.1) is 0 Å². The predicted molar refractivity (Wildman–Crippen MR) is 110 cm³/mol. The lowest BCUT2D eigenvalue weighted by atomic mass is 9.91. The molecule has 0 aliphatic carbocycles. The fourth-order valence-corrected chi connectivity index (χ4v) is 3.71. The standard InChI is InChI=1S/C24H24N2O/c1-27-25-23(19-11-5-2-6-12-19)22-17-26(18-22)24(20-13-7-3-8-14-20)21-15-9-4-10-16-21/h2-16,24-25H,17-18H2,1H3. The predicted octanol–water partition coefficient (Wildman–Crippen LogP) is 4.65. The Labute approximate surface area is 160 Å². The Kier molecular flexibility index (Phi) is 5.33. The van der Waals surface area contributed by atoms with Crippen molar-refractivity contribution < 1.29 is 4.84 Å². The summed E-state index contributed by atoms with van der Waals surface area (Å²) >= 11 is 0. The molecule has 0 radical (unpaired) electrons. The van der Waals surface area contributed by atoms with E-state index in [0.29, 0.717) is 0 Å². The second kappa shape index (κ2) is 8.21. The Morgan fingerprint density at radius 3 is 1.74 bits per heavy atom. The number of hydroxylamine groups is 1. The van der Waals surface area contributed by atoms with Crippen LogP contribution in [-0.2, 0) is 4.84 Å². The minimum absolute atomic E-state index is 0.260. The van der Waals surface area contributed by atoms with Crippen molar-refractivity contribution in [3.05, 3.63) is 113 Å². The van der Waals surface area contributed by atoms with E-state index in [0.717, 1.165) is 24.4 Å². The number of nitrogens with one attached hydrogen (secondary N) is 1. The number of likely N-dealkylation sites (tertiary alicyclic amines) is 1. The first-order valence-corrected chi connectivity index (χ1v) is 9.27. The van der Waals surface area contributed by atoms with E-state index < -0.39 is 0 Å². The van der Waals surface area contributed by atoms with Gasteiger partial charge in [-0.25, -0.2) is 0 Å². The highest BCUT2D eigenvalue weighted by molar-refractivity contribution is 5.68. The zero-order valence-electron chi connectivity index (χ0n) is 15.5. The number of rotatable bonds is 6. The molecule has 1 fully saturated rings. The summed E-state index contributed by atoms with van der Waals surface area (Å²) in [5, 5.41) is 0. The van der Waals surface area contributed by atoms with E-state index in [9.17, 15) is 0 Å². The number of nitrogens with zero attached hydrogens (tertiary/aromatic N) is 1. The highest BCUT2D eigenvalue weighted by Gasteiger charge is 2.32. The molecule has 3 heteroatoms. The molecule has 0 saturated carbocycles. The molecule has 136 valence electrons. The van der Waals surface area contributed by atoms with Crippen LogP contribution < -0.4 is 5.48 Å². The maximum absolute atomic E-state index is 5.25. The van der Waals surface area contributed by atoms with Gasteiger partial charge in [-0.05, 0) is 22.3 Å². The summed E-state index contributed by atoms with van der Waals surface area (Å²) in [5.41, 5.74) is 9.33. The molecule has 3 nitrogen and oxygen atoms in total. The van der Waals surface area contributed by atoms with Gasteiger partial charge in [0.15, 0.2) is 0 Å². The zero-order valence-corrected chi connectivity index (χ0v) is 15.5. The Morgan fingerprint density at radius 1 is 0.778 bits per heavy atom. The molecule has 1 aliphatic heterocycles. The summed E-state index contributed by atoms with van der Waals surface area (Å²) in [5.74, 6) is 0. The van der Waals surface area contributed by atoms with E-state index in [-0.39, 0.29) is 6.04 Å². The molecule has 0 unspecified atom stereocenters. The van der Waals surface area contributed by atoms with E-state index in [1.54, 1.807) is 7.11 Å².